The maximum atomic E-state index is 13.2. The Balaban J connectivity index is 2.33. The average Bonchev–Trinajstić information content (AvgIpc) is 2.69. The molecule has 0 saturated heterocycles. The van der Waals surface area contributed by atoms with Crippen LogP contribution in [-0.4, -0.2) is 25.1 Å². The molecule has 0 saturated carbocycles. The van der Waals surface area contributed by atoms with Crippen LogP contribution in [0.3, 0.4) is 0 Å². The van der Waals surface area contributed by atoms with Crippen LogP contribution in [0.2, 0.25) is 5.02 Å². The second-order valence-electron chi connectivity index (χ2n) is 6.32. The van der Waals surface area contributed by atoms with Gasteiger partial charge in [0.15, 0.2) is 5.78 Å². The summed E-state index contributed by atoms with van der Waals surface area (Å²) in [4.78, 5) is 17.0. The van der Waals surface area contributed by atoms with E-state index in [1.165, 1.54) is 30.5 Å². The van der Waals surface area contributed by atoms with Gasteiger partial charge in [-0.3, -0.25) is 9.79 Å². The van der Waals surface area contributed by atoms with Gasteiger partial charge in [0.2, 0.25) is 0 Å². The summed E-state index contributed by atoms with van der Waals surface area (Å²) in [7, 11) is 1.58. The molecule has 0 radical (unpaired) electrons. The van der Waals surface area contributed by atoms with Crippen molar-refractivity contribution in [3.63, 3.8) is 0 Å². The van der Waals surface area contributed by atoms with Crippen LogP contribution < -0.4 is 11.5 Å². The number of aliphatic imine (C=N–C) groups is 1. The average molecular weight is 424 g/mol. The molecular formula is C21H21ClF3N3O. The predicted octanol–water partition coefficient (Wildman–Crippen LogP) is 4.25. The van der Waals surface area contributed by atoms with Gasteiger partial charge in [-0.2, -0.15) is 13.2 Å². The highest BCUT2D eigenvalue weighted by Gasteiger charge is 2.34. The van der Waals surface area contributed by atoms with Gasteiger partial charge in [0.25, 0.3) is 0 Å². The van der Waals surface area contributed by atoms with Crippen LogP contribution in [0.1, 0.15) is 27.0 Å². The van der Waals surface area contributed by atoms with E-state index in [4.69, 9.17) is 23.1 Å². The third kappa shape index (κ3) is 5.46. The zero-order valence-corrected chi connectivity index (χ0v) is 16.5. The van der Waals surface area contributed by atoms with E-state index in [-0.39, 0.29) is 34.9 Å². The number of Topliss-reactive ketones (excluding diaryl/α,β-unsaturated/α-hetero) is 1. The molecule has 2 aromatic rings. The molecule has 154 valence electrons. The molecule has 0 aromatic heterocycles. The van der Waals surface area contributed by atoms with Gasteiger partial charge in [-0.1, -0.05) is 41.9 Å². The minimum absolute atomic E-state index is 0.0278. The van der Waals surface area contributed by atoms with Crippen LogP contribution in [0.15, 0.2) is 59.7 Å². The number of alkyl halides is 3. The van der Waals surface area contributed by atoms with Crippen LogP contribution >= 0.6 is 11.6 Å². The van der Waals surface area contributed by atoms with Gasteiger partial charge in [0, 0.05) is 30.6 Å². The molecule has 29 heavy (non-hydrogen) atoms. The first-order valence-corrected chi connectivity index (χ1v) is 9.15. The van der Waals surface area contributed by atoms with E-state index in [2.05, 4.69) is 4.99 Å². The number of ketones is 1. The van der Waals surface area contributed by atoms with E-state index in [9.17, 15) is 18.0 Å². The molecule has 0 aliphatic carbocycles. The van der Waals surface area contributed by atoms with Gasteiger partial charge in [-0.15, -0.1) is 0 Å². The summed E-state index contributed by atoms with van der Waals surface area (Å²) in [5.41, 5.74) is 11.8. The summed E-state index contributed by atoms with van der Waals surface area (Å²) in [5.74, 6) is -1.19. The first-order chi connectivity index (χ1) is 13.7. The van der Waals surface area contributed by atoms with Crippen molar-refractivity contribution in [2.45, 2.75) is 12.6 Å². The van der Waals surface area contributed by atoms with Gasteiger partial charge in [-0.25, -0.2) is 0 Å². The molecule has 4 N–H and O–H groups in total. The Morgan fingerprint density at radius 2 is 1.93 bits per heavy atom. The molecule has 4 nitrogen and oxygen atoms in total. The number of hydrogen-bond donors (Lipinski definition) is 2. The van der Waals surface area contributed by atoms with Gasteiger partial charge in [-0.05, 0) is 36.4 Å². The number of nitrogens with zero attached hydrogens (tertiary/aromatic N) is 1. The number of allylic oxidation sites excluding steroid dienone is 1. The largest absolute Gasteiger partial charge is 0.416 e. The summed E-state index contributed by atoms with van der Waals surface area (Å²) in [6.07, 6.45) is -1.74. The molecule has 8 heteroatoms. The van der Waals surface area contributed by atoms with Gasteiger partial charge in [0.1, 0.15) is 0 Å². The number of nitrogens with two attached hydrogens (primary N) is 2. The third-order valence-electron chi connectivity index (χ3n) is 4.47. The van der Waals surface area contributed by atoms with E-state index in [0.29, 0.717) is 11.3 Å². The highest BCUT2D eigenvalue weighted by molar-refractivity contribution is 6.35. The number of carbonyl (C=O) groups is 1. The van der Waals surface area contributed by atoms with Crippen LogP contribution in [0.4, 0.5) is 13.2 Å². The molecule has 2 rings (SSSR count). The smallest absolute Gasteiger partial charge is 0.405 e. The number of rotatable bonds is 7. The standard InChI is InChI=1S/C21H21ClF3N3O/c1-28-19(8-9-26)16-7-6-14(11-18(16)22)20(29)15(12-27)10-13-4-2-3-5-17(13)21(23,24)25/h2-9,11,15H,10,12,26-27H2,1H3/b9-8-,28-19?. The molecule has 0 fully saturated rings. The number of carbonyl (C=O) groups excluding carboxylic acids is 1. The fourth-order valence-corrected chi connectivity index (χ4v) is 3.29. The maximum Gasteiger partial charge on any atom is 0.416 e. The molecule has 0 bridgehead atoms. The third-order valence-corrected chi connectivity index (χ3v) is 4.78. The lowest BCUT2D eigenvalue weighted by molar-refractivity contribution is -0.138. The Labute approximate surface area is 172 Å². The van der Waals surface area contributed by atoms with Crippen LogP contribution in [0.25, 0.3) is 0 Å². The fourth-order valence-electron chi connectivity index (χ4n) is 3.01. The van der Waals surface area contributed by atoms with Crippen molar-refractivity contribution in [1.29, 1.82) is 0 Å². The quantitative estimate of drug-likeness (QED) is 0.516. The normalized spacial score (nSPS) is 13.7. The van der Waals surface area contributed by atoms with Crippen molar-refractivity contribution in [2.24, 2.45) is 22.4 Å². The van der Waals surface area contributed by atoms with E-state index < -0.39 is 17.7 Å². The Hall–Kier alpha value is -2.64. The lowest BCUT2D eigenvalue weighted by Gasteiger charge is -2.18. The van der Waals surface area contributed by atoms with E-state index in [0.717, 1.165) is 6.07 Å². The zero-order chi connectivity index (χ0) is 21.6. The number of benzene rings is 2. The van der Waals surface area contributed by atoms with Crippen molar-refractivity contribution in [1.82, 2.24) is 0 Å². The topological polar surface area (TPSA) is 81.5 Å². The molecular weight excluding hydrogens is 403 g/mol. The van der Waals surface area contributed by atoms with Crippen molar-refractivity contribution in [3.05, 3.63) is 82.0 Å². The molecule has 0 aliphatic rings. The second kappa shape index (κ2) is 9.71. The lowest BCUT2D eigenvalue weighted by atomic mass is 9.89. The van der Waals surface area contributed by atoms with Gasteiger partial charge < -0.3 is 11.5 Å². The minimum atomic E-state index is -4.50. The summed E-state index contributed by atoms with van der Waals surface area (Å²) in [6, 6.07) is 9.81. The van der Waals surface area contributed by atoms with Gasteiger partial charge >= 0.3 is 6.18 Å². The molecule has 0 amide bonds. The minimum Gasteiger partial charge on any atom is -0.405 e. The highest BCUT2D eigenvalue weighted by atomic mass is 35.5. The summed E-state index contributed by atoms with van der Waals surface area (Å²) >= 11 is 6.29. The number of hydrogen-bond acceptors (Lipinski definition) is 4. The Morgan fingerprint density at radius 1 is 1.24 bits per heavy atom. The van der Waals surface area contributed by atoms with Crippen molar-refractivity contribution < 1.29 is 18.0 Å². The van der Waals surface area contributed by atoms with Crippen molar-refractivity contribution >= 4 is 23.1 Å². The van der Waals surface area contributed by atoms with E-state index in [1.54, 1.807) is 25.3 Å². The van der Waals surface area contributed by atoms with E-state index >= 15 is 0 Å². The van der Waals surface area contributed by atoms with Crippen LogP contribution in [0, 0.1) is 5.92 Å². The molecule has 0 heterocycles. The molecule has 2 aromatic carbocycles. The monoisotopic (exact) mass is 423 g/mol. The van der Waals surface area contributed by atoms with Crippen molar-refractivity contribution in [2.75, 3.05) is 13.6 Å². The lowest BCUT2D eigenvalue weighted by Crippen LogP contribution is -2.27. The Kier molecular flexibility index (Phi) is 7.59. The maximum absolute atomic E-state index is 13.2. The molecule has 0 aliphatic heterocycles. The van der Waals surface area contributed by atoms with Crippen molar-refractivity contribution in [3.8, 4) is 0 Å². The molecule has 1 atom stereocenters. The Bertz CT molecular complexity index is 939. The van der Waals surface area contributed by atoms with Crippen LogP contribution in [0.5, 0.6) is 0 Å². The van der Waals surface area contributed by atoms with Crippen LogP contribution in [-0.2, 0) is 12.6 Å². The summed E-state index contributed by atoms with van der Waals surface area (Å²) < 4.78 is 39.7. The zero-order valence-electron chi connectivity index (χ0n) is 15.7. The molecule has 0 spiro atoms. The SMILES string of the molecule is CN=C(/C=C\N)c1ccc(C(=O)C(CN)Cc2ccccc2C(F)(F)F)cc1Cl. The second-order valence-corrected chi connectivity index (χ2v) is 6.73. The van der Waals surface area contributed by atoms with Gasteiger partial charge in [0.05, 0.1) is 16.3 Å². The predicted molar refractivity (Wildman–Crippen MR) is 109 cm³/mol. The highest BCUT2D eigenvalue weighted by Crippen LogP contribution is 2.33. The summed E-state index contributed by atoms with van der Waals surface area (Å²) in [6.45, 7) is -0.0953. The fraction of sp³-hybridized carbons (Fsp3) is 0.238. The molecule has 1 unspecified atom stereocenters. The first kappa shape index (κ1) is 22.6. The summed E-state index contributed by atoms with van der Waals surface area (Å²) in [5, 5.41) is 0.279. The van der Waals surface area contributed by atoms with E-state index in [1.807, 2.05) is 0 Å². The number of halogens is 4. The Morgan fingerprint density at radius 3 is 2.48 bits per heavy atom. The first-order valence-electron chi connectivity index (χ1n) is 8.77.